The van der Waals surface area contributed by atoms with Crippen molar-refractivity contribution in [1.29, 1.82) is 0 Å². The van der Waals surface area contributed by atoms with Crippen molar-refractivity contribution in [2.24, 2.45) is 0 Å². The van der Waals surface area contributed by atoms with Crippen molar-refractivity contribution >= 4 is 15.9 Å². The highest BCUT2D eigenvalue weighted by atomic mass is 79.9. The Balaban J connectivity index is 2.32. The van der Waals surface area contributed by atoms with Crippen molar-refractivity contribution in [3.63, 3.8) is 0 Å². The second-order valence-corrected chi connectivity index (χ2v) is 4.50. The zero-order valence-electron chi connectivity index (χ0n) is 7.76. The maximum Gasteiger partial charge on any atom is 0.129 e. The zero-order chi connectivity index (χ0) is 9.26. The van der Waals surface area contributed by atoms with Crippen molar-refractivity contribution in [3.8, 4) is 0 Å². The van der Waals surface area contributed by atoms with Crippen LogP contribution >= 0.6 is 15.9 Å². The number of aryl methyl sites for hydroxylation is 1. The Bertz CT molecular complexity index is 306. The van der Waals surface area contributed by atoms with E-state index in [4.69, 9.17) is 0 Å². The topological polar surface area (TPSA) is 25.8 Å². The summed E-state index contributed by atoms with van der Waals surface area (Å²) in [6, 6.07) is 2.12. The normalized spacial score (nSPS) is 18.0. The Morgan fingerprint density at radius 3 is 2.69 bits per heavy atom. The minimum Gasteiger partial charge on any atom is -0.155 e. The first-order valence-electron chi connectivity index (χ1n) is 4.77. The molecule has 0 saturated heterocycles. The standard InChI is InChI=1S/C10H13BrN2/c1-7-9(6-10(11)13-12-7)8-4-2-3-5-8/h6,8H,2-5H2,1H3. The number of rotatable bonds is 1. The maximum atomic E-state index is 4.13. The van der Waals surface area contributed by atoms with E-state index in [1.165, 1.54) is 31.2 Å². The van der Waals surface area contributed by atoms with Crippen molar-refractivity contribution < 1.29 is 0 Å². The second-order valence-electron chi connectivity index (χ2n) is 3.69. The summed E-state index contributed by atoms with van der Waals surface area (Å²) in [5, 5.41) is 8.10. The lowest BCUT2D eigenvalue weighted by Gasteiger charge is -2.11. The molecule has 0 aliphatic heterocycles. The molecule has 1 saturated carbocycles. The van der Waals surface area contributed by atoms with Crippen LogP contribution in [0.15, 0.2) is 10.7 Å². The van der Waals surface area contributed by atoms with Crippen LogP contribution in [0.4, 0.5) is 0 Å². The lowest BCUT2D eigenvalue weighted by Crippen LogP contribution is -2.00. The van der Waals surface area contributed by atoms with Crippen molar-refractivity contribution in [2.45, 2.75) is 38.5 Å². The highest BCUT2D eigenvalue weighted by molar-refractivity contribution is 9.10. The molecule has 1 fully saturated rings. The molecule has 0 bridgehead atoms. The average molecular weight is 241 g/mol. The van der Waals surface area contributed by atoms with Crippen LogP contribution in [0.5, 0.6) is 0 Å². The summed E-state index contributed by atoms with van der Waals surface area (Å²) >= 11 is 3.37. The molecule has 0 N–H and O–H groups in total. The third-order valence-electron chi connectivity index (χ3n) is 2.78. The Labute approximate surface area is 86.9 Å². The lowest BCUT2D eigenvalue weighted by molar-refractivity contribution is 0.702. The highest BCUT2D eigenvalue weighted by Crippen LogP contribution is 2.35. The minimum absolute atomic E-state index is 0.729. The summed E-state index contributed by atoms with van der Waals surface area (Å²) in [6.45, 7) is 2.05. The third-order valence-corrected chi connectivity index (χ3v) is 3.17. The molecule has 0 radical (unpaired) electrons. The van der Waals surface area contributed by atoms with E-state index in [9.17, 15) is 0 Å². The summed E-state index contributed by atoms with van der Waals surface area (Å²) in [5.74, 6) is 0.729. The Morgan fingerprint density at radius 1 is 1.31 bits per heavy atom. The molecule has 0 spiro atoms. The Morgan fingerprint density at radius 2 is 2.00 bits per heavy atom. The molecule has 1 aromatic heterocycles. The molecule has 1 aliphatic carbocycles. The molecule has 0 unspecified atom stereocenters. The number of hydrogen-bond acceptors (Lipinski definition) is 2. The van der Waals surface area contributed by atoms with Crippen LogP contribution < -0.4 is 0 Å². The molecule has 2 nitrogen and oxygen atoms in total. The van der Waals surface area contributed by atoms with Crippen LogP contribution in [-0.2, 0) is 0 Å². The van der Waals surface area contributed by atoms with Gasteiger partial charge in [0.2, 0.25) is 0 Å². The molecule has 2 rings (SSSR count). The van der Waals surface area contributed by atoms with Gasteiger partial charge in [-0.1, -0.05) is 12.8 Å². The fourth-order valence-electron chi connectivity index (χ4n) is 2.09. The fourth-order valence-corrected chi connectivity index (χ4v) is 2.42. The fraction of sp³-hybridized carbons (Fsp3) is 0.600. The zero-order valence-corrected chi connectivity index (χ0v) is 9.34. The molecule has 0 atom stereocenters. The van der Waals surface area contributed by atoms with E-state index in [1.54, 1.807) is 0 Å². The average Bonchev–Trinajstić information content (AvgIpc) is 2.61. The van der Waals surface area contributed by atoms with Crippen LogP contribution in [0, 0.1) is 6.92 Å². The molecule has 1 heterocycles. The number of aromatic nitrogens is 2. The molecule has 13 heavy (non-hydrogen) atoms. The van der Waals surface area contributed by atoms with Gasteiger partial charge in [0.25, 0.3) is 0 Å². The van der Waals surface area contributed by atoms with E-state index >= 15 is 0 Å². The smallest absolute Gasteiger partial charge is 0.129 e. The predicted molar refractivity (Wildman–Crippen MR) is 55.7 cm³/mol. The Hall–Kier alpha value is -0.440. The molecule has 1 aliphatic rings. The van der Waals surface area contributed by atoms with Crippen LogP contribution in [0.3, 0.4) is 0 Å². The van der Waals surface area contributed by atoms with Gasteiger partial charge in [0, 0.05) is 0 Å². The monoisotopic (exact) mass is 240 g/mol. The molecular weight excluding hydrogens is 228 g/mol. The minimum atomic E-state index is 0.729. The van der Waals surface area contributed by atoms with Crippen LogP contribution in [0.2, 0.25) is 0 Å². The summed E-state index contributed by atoms with van der Waals surface area (Å²) in [5.41, 5.74) is 2.48. The first-order valence-corrected chi connectivity index (χ1v) is 5.56. The molecule has 0 amide bonds. The van der Waals surface area contributed by atoms with Gasteiger partial charge in [0.15, 0.2) is 0 Å². The van der Waals surface area contributed by atoms with Crippen LogP contribution in [0.25, 0.3) is 0 Å². The SMILES string of the molecule is Cc1nnc(Br)cc1C1CCCC1. The number of hydrogen-bond donors (Lipinski definition) is 0. The van der Waals surface area contributed by atoms with E-state index in [0.29, 0.717) is 0 Å². The van der Waals surface area contributed by atoms with Gasteiger partial charge >= 0.3 is 0 Å². The van der Waals surface area contributed by atoms with Crippen molar-refractivity contribution in [3.05, 3.63) is 21.9 Å². The van der Waals surface area contributed by atoms with Crippen molar-refractivity contribution in [2.75, 3.05) is 0 Å². The van der Waals surface area contributed by atoms with Gasteiger partial charge in [-0.2, -0.15) is 5.10 Å². The van der Waals surface area contributed by atoms with Gasteiger partial charge in [-0.15, -0.1) is 5.10 Å². The third kappa shape index (κ3) is 1.90. The van der Waals surface area contributed by atoms with Crippen molar-refractivity contribution in [1.82, 2.24) is 10.2 Å². The van der Waals surface area contributed by atoms with E-state index in [-0.39, 0.29) is 0 Å². The van der Waals surface area contributed by atoms with Gasteiger partial charge < -0.3 is 0 Å². The molecule has 0 aromatic carbocycles. The maximum absolute atomic E-state index is 4.13. The van der Waals surface area contributed by atoms with Gasteiger partial charge in [-0.3, -0.25) is 0 Å². The van der Waals surface area contributed by atoms with E-state index in [1.807, 2.05) is 6.92 Å². The molecule has 1 aromatic rings. The first-order chi connectivity index (χ1) is 6.27. The van der Waals surface area contributed by atoms with Gasteiger partial charge in [0.05, 0.1) is 5.69 Å². The summed E-state index contributed by atoms with van der Waals surface area (Å²) < 4.78 is 0.861. The van der Waals surface area contributed by atoms with Gasteiger partial charge in [-0.25, -0.2) is 0 Å². The van der Waals surface area contributed by atoms with Crippen LogP contribution in [-0.4, -0.2) is 10.2 Å². The highest BCUT2D eigenvalue weighted by Gasteiger charge is 2.19. The Kier molecular flexibility index (Phi) is 2.63. The van der Waals surface area contributed by atoms with E-state index in [0.717, 1.165) is 16.2 Å². The largest absolute Gasteiger partial charge is 0.155 e. The van der Waals surface area contributed by atoms with Gasteiger partial charge in [0.1, 0.15) is 4.60 Å². The predicted octanol–water partition coefficient (Wildman–Crippen LogP) is 3.21. The lowest BCUT2D eigenvalue weighted by atomic mass is 9.97. The molecular formula is C10H13BrN2. The summed E-state index contributed by atoms with van der Waals surface area (Å²) in [4.78, 5) is 0. The van der Waals surface area contributed by atoms with E-state index < -0.39 is 0 Å². The first kappa shape index (κ1) is 9.13. The molecule has 3 heteroatoms. The van der Waals surface area contributed by atoms with Crippen LogP contribution in [0.1, 0.15) is 42.9 Å². The summed E-state index contributed by atoms with van der Waals surface area (Å²) in [6.07, 6.45) is 5.37. The summed E-state index contributed by atoms with van der Waals surface area (Å²) in [7, 11) is 0. The molecule has 70 valence electrons. The quantitative estimate of drug-likeness (QED) is 0.754. The number of nitrogens with zero attached hydrogens (tertiary/aromatic N) is 2. The van der Waals surface area contributed by atoms with E-state index in [2.05, 4.69) is 32.2 Å². The second kappa shape index (κ2) is 3.74. The van der Waals surface area contributed by atoms with Gasteiger partial charge in [-0.05, 0) is 53.2 Å². The number of halogens is 1.